The third kappa shape index (κ3) is 5.33. The second-order valence-electron chi connectivity index (χ2n) is 8.55. The molecule has 0 saturated carbocycles. The van der Waals surface area contributed by atoms with Crippen LogP contribution in [-0.4, -0.2) is 70.7 Å². The number of benzene rings is 2. The molecule has 0 aromatic heterocycles. The van der Waals surface area contributed by atoms with Gasteiger partial charge in [0.25, 0.3) is 0 Å². The summed E-state index contributed by atoms with van der Waals surface area (Å²) in [6, 6.07) is 12.7. The summed E-state index contributed by atoms with van der Waals surface area (Å²) in [4.78, 5) is 13.2. The molecule has 9 nitrogen and oxygen atoms in total. The number of anilines is 1. The second kappa shape index (κ2) is 10.1. The molecule has 4 rings (SSSR count). The van der Waals surface area contributed by atoms with Crippen LogP contribution in [0.1, 0.15) is 18.4 Å². The Morgan fingerprint density at radius 2 is 1.41 bits per heavy atom. The van der Waals surface area contributed by atoms with E-state index in [1.54, 1.807) is 36.4 Å². The van der Waals surface area contributed by atoms with Gasteiger partial charge >= 0.3 is 0 Å². The zero-order chi connectivity index (χ0) is 24.3. The summed E-state index contributed by atoms with van der Waals surface area (Å²) in [6.45, 7) is 3.72. The summed E-state index contributed by atoms with van der Waals surface area (Å²) in [5, 5.41) is 2.80. The third-order valence-corrected chi connectivity index (χ3v) is 9.94. The molecule has 2 aliphatic heterocycles. The summed E-state index contributed by atoms with van der Waals surface area (Å²) in [7, 11) is -7.29. The van der Waals surface area contributed by atoms with Crippen LogP contribution in [0.25, 0.3) is 0 Å². The Morgan fingerprint density at radius 3 is 2.03 bits per heavy atom. The number of ether oxygens (including phenoxy) is 1. The maximum atomic E-state index is 13.0. The quantitative estimate of drug-likeness (QED) is 0.640. The van der Waals surface area contributed by atoms with Crippen LogP contribution in [0.4, 0.5) is 5.69 Å². The number of hydrogen-bond acceptors (Lipinski definition) is 6. The van der Waals surface area contributed by atoms with Crippen molar-refractivity contribution in [3.05, 3.63) is 54.1 Å². The molecule has 1 atom stereocenters. The predicted molar refractivity (Wildman–Crippen MR) is 127 cm³/mol. The minimum atomic E-state index is -3.68. The fourth-order valence-corrected chi connectivity index (χ4v) is 7.06. The second-order valence-corrected chi connectivity index (χ2v) is 12.4. The van der Waals surface area contributed by atoms with Crippen LogP contribution < -0.4 is 5.32 Å². The number of aryl methyl sites for hydroxylation is 1. The van der Waals surface area contributed by atoms with Crippen LogP contribution in [0.5, 0.6) is 0 Å². The summed E-state index contributed by atoms with van der Waals surface area (Å²) in [5.74, 6) is -0.779. The number of carbonyl (C=O) groups excluding carboxylic acids is 1. The average molecular weight is 508 g/mol. The lowest BCUT2D eigenvalue weighted by molar-refractivity contribution is -0.120. The van der Waals surface area contributed by atoms with Gasteiger partial charge in [-0.2, -0.15) is 8.61 Å². The van der Waals surface area contributed by atoms with Crippen LogP contribution in [0.3, 0.4) is 0 Å². The monoisotopic (exact) mass is 507 g/mol. The van der Waals surface area contributed by atoms with Crippen molar-refractivity contribution in [1.29, 1.82) is 0 Å². The maximum absolute atomic E-state index is 13.0. The van der Waals surface area contributed by atoms with Gasteiger partial charge in [-0.25, -0.2) is 16.8 Å². The first-order valence-electron chi connectivity index (χ1n) is 11.2. The number of amides is 1. The van der Waals surface area contributed by atoms with Gasteiger partial charge in [-0.3, -0.25) is 4.79 Å². The molecule has 2 aliphatic rings. The molecule has 34 heavy (non-hydrogen) atoms. The van der Waals surface area contributed by atoms with E-state index in [0.717, 1.165) is 5.56 Å². The topological polar surface area (TPSA) is 113 Å². The molecule has 1 unspecified atom stereocenters. The fraction of sp³-hybridized carbons (Fsp3) is 0.435. The zero-order valence-electron chi connectivity index (χ0n) is 19.0. The Morgan fingerprint density at radius 1 is 0.853 bits per heavy atom. The van der Waals surface area contributed by atoms with E-state index in [1.165, 1.54) is 20.7 Å². The van der Waals surface area contributed by atoms with Gasteiger partial charge in [0, 0.05) is 31.9 Å². The first kappa shape index (κ1) is 24.8. The van der Waals surface area contributed by atoms with Crippen molar-refractivity contribution in [2.24, 2.45) is 5.92 Å². The van der Waals surface area contributed by atoms with Crippen molar-refractivity contribution < 1.29 is 26.4 Å². The third-order valence-electron chi connectivity index (χ3n) is 6.14. The van der Waals surface area contributed by atoms with Crippen LogP contribution in [-0.2, 0) is 29.6 Å². The number of carbonyl (C=O) groups is 1. The molecule has 2 saturated heterocycles. The number of morpholine rings is 1. The number of rotatable bonds is 6. The van der Waals surface area contributed by atoms with Gasteiger partial charge < -0.3 is 10.1 Å². The van der Waals surface area contributed by atoms with Crippen molar-refractivity contribution in [3.63, 3.8) is 0 Å². The number of sulfonamides is 2. The Bertz CT molecular complexity index is 1220. The number of nitrogens with zero attached hydrogens (tertiary/aromatic N) is 2. The van der Waals surface area contributed by atoms with Crippen LogP contribution >= 0.6 is 0 Å². The first-order valence-corrected chi connectivity index (χ1v) is 14.1. The lowest BCUT2D eigenvalue weighted by atomic mass is 9.99. The van der Waals surface area contributed by atoms with Gasteiger partial charge in [-0.15, -0.1) is 0 Å². The van der Waals surface area contributed by atoms with Crippen molar-refractivity contribution in [3.8, 4) is 0 Å². The standard InChI is InChI=1S/C23H29N3O6S2/c1-18-4-8-21(9-5-18)34(30,31)26-12-2-3-19(17-26)23(27)24-20-6-10-22(11-7-20)33(28,29)25-13-15-32-16-14-25/h4-11,19H,2-3,12-17H2,1H3,(H,24,27). The Hall–Kier alpha value is -2.31. The minimum Gasteiger partial charge on any atom is -0.379 e. The highest BCUT2D eigenvalue weighted by Crippen LogP contribution is 2.26. The fourth-order valence-electron chi connectivity index (χ4n) is 4.12. The van der Waals surface area contributed by atoms with Crippen LogP contribution in [0.15, 0.2) is 58.3 Å². The zero-order valence-corrected chi connectivity index (χ0v) is 20.6. The first-order chi connectivity index (χ1) is 16.2. The molecule has 2 aromatic rings. The number of nitrogens with one attached hydrogen (secondary N) is 1. The average Bonchev–Trinajstić information content (AvgIpc) is 2.85. The molecule has 1 amide bonds. The molecule has 1 N–H and O–H groups in total. The van der Waals surface area contributed by atoms with Crippen molar-refractivity contribution in [2.75, 3.05) is 44.7 Å². The molecule has 11 heteroatoms. The van der Waals surface area contributed by atoms with E-state index in [-0.39, 0.29) is 22.2 Å². The van der Waals surface area contributed by atoms with Crippen molar-refractivity contribution in [1.82, 2.24) is 8.61 Å². The normalized spacial score (nSPS) is 20.7. The largest absolute Gasteiger partial charge is 0.379 e. The van der Waals surface area contributed by atoms with Crippen LogP contribution in [0.2, 0.25) is 0 Å². The van der Waals surface area contributed by atoms with E-state index in [0.29, 0.717) is 51.4 Å². The lowest BCUT2D eigenvalue weighted by Gasteiger charge is -2.31. The Balaban J connectivity index is 1.41. The molecule has 2 fully saturated rings. The molecule has 0 radical (unpaired) electrons. The van der Waals surface area contributed by atoms with Gasteiger partial charge in [-0.1, -0.05) is 17.7 Å². The highest BCUT2D eigenvalue weighted by molar-refractivity contribution is 7.89. The number of piperidine rings is 1. The summed E-state index contributed by atoms with van der Waals surface area (Å²) in [5.41, 5.74) is 1.43. The van der Waals surface area contributed by atoms with E-state index in [9.17, 15) is 21.6 Å². The van der Waals surface area contributed by atoms with E-state index >= 15 is 0 Å². The van der Waals surface area contributed by atoms with E-state index in [4.69, 9.17) is 4.74 Å². The molecular formula is C23H29N3O6S2. The van der Waals surface area contributed by atoms with Gasteiger partial charge in [0.2, 0.25) is 26.0 Å². The highest BCUT2D eigenvalue weighted by atomic mass is 32.2. The Kier molecular flexibility index (Phi) is 7.39. The molecule has 2 heterocycles. The molecule has 0 aliphatic carbocycles. The summed E-state index contributed by atoms with van der Waals surface area (Å²) in [6.07, 6.45) is 1.16. The van der Waals surface area contributed by atoms with E-state index < -0.39 is 26.0 Å². The predicted octanol–water partition coefficient (Wildman–Crippen LogP) is 2.06. The molecule has 184 valence electrons. The molecule has 2 aromatic carbocycles. The summed E-state index contributed by atoms with van der Waals surface area (Å²) >= 11 is 0. The smallest absolute Gasteiger partial charge is 0.243 e. The van der Waals surface area contributed by atoms with Crippen molar-refractivity contribution >= 4 is 31.6 Å². The molecule has 0 bridgehead atoms. The van der Waals surface area contributed by atoms with Gasteiger partial charge in [-0.05, 0) is 56.2 Å². The van der Waals surface area contributed by atoms with Gasteiger partial charge in [0.05, 0.1) is 28.9 Å². The SMILES string of the molecule is Cc1ccc(S(=O)(=O)N2CCCC(C(=O)Nc3ccc(S(=O)(=O)N4CCOCC4)cc3)C2)cc1. The molecule has 0 spiro atoms. The van der Waals surface area contributed by atoms with Crippen molar-refractivity contribution in [2.45, 2.75) is 29.6 Å². The van der Waals surface area contributed by atoms with Gasteiger partial charge in [0.1, 0.15) is 0 Å². The number of hydrogen-bond donors (Lipinski definition) is 1. The molecular weight excluding hydrogens is 478 g/mol. The Labute approximate surface area is 200 Å². The maximum Gasteiger partial charge on any atom is 0.243 e. The van der Waals surface area contributed by atoms with Crippen LogP contribution in [0, 0.1) is 12.8 Å². The van der Waals surface area contributed by atoms with Gasteiger partial charge in [0.15, 0.2) is 0 Å². The highest BCUT2D eigenvalue weighted by Gasteiger charge is 2.33. The lowest BCUT2D eigenvalue weighted by Crippen LogP contribution is -2.43. The van der Waals surface area contributed by atoms with E-state index in [1.807, 2.05) is 6.92 Å². The minimum absolute atomic E-state index is 0.103. The van der Waals surface area contributed by atoms with E-state index in [2.05, 4.69) is 5.32 Å². The summed E-state index contributed by atoms with van der Waals surface area (Å²) < 4.78 is 59.5.